The summed E-state index contributed by atoms with van der Waals surface area (Å²) in [6.45, 7) is 1.56. The number of fused-ring (bicyclic) bond motifs is 1. The molecule has 35 heavy (non-hydrogen) atoms. The highest BCUT2D eigenvalue weighted by atomic mass is 32.2. The Labute approximate surface area is 208 Å². The summed E-state index contributed by atoms with van der Waals surface area (Å²) >= 11 is 0. The minimum atomic E-state index is -3.39. The van der Waals surface area contributed by atoms with E-state index in [-0.39, 0.29) is 17.2 Å². The summed E-state index contributed by atoms with van der Waals surface area (Å²) in [5.74, 6) is 0.0499. The lowest BCUT2D eigenvalue weighted by atomic mass is 9.94. The van der Waals surface area contributed by atoms with Crippen molar-refractivity contribution in [3.63, 3.8) is 0 Å². The van der Waals surface area contributed by atoms with Crippen LogP contribution in [0.15, 0.2) is 82.8 Å². The van der Waals surface area contributed by atoms with Crippen molar-refractivity contribution in [3.8, 4) is 0 Å². The number of hydrogen-bond donors (Lipinski definition) is 0. The fraction of sp³-hybridized carbons (Fsp3) is 0.414. The molecule has 1 heterocycles. The molecule has 1 saturated carbocycles. The number of hydrogen-bond acceptors (Lipinski definition) is 5. The first-order valence-corrected chi connectivity index (χ1v) is 14.2. The van der Waals surface area contributed by atoms with E-state index in [9.17, 15) is 8.42 Å². The number of sulfone groups is 1. The van der Waals surface area contributed by atoms with Crippen molar-refractivity contribution in [2.45, 2.75) is 54.7 Å². The molecule has 1 aliphatic heterocycles. The third-order valence-corrected chi connectivity index (χ3v) is 9.90. The van der Waals surface area contributed by atoms with E-state index in [1.165, 1.54) is 10.8 Å². The Balaban J connectivity index is 1.49. The van der Waals surface area contributed by atoms with E-state index in [0.717, 1.165) is 43.5 Å². The first kappa shape index (κ1) is 24.0. The zero-order chi connectivity index (χ0) is 24.3. The molecule has 3 aromatic rings. The van der Waals surface area contributed by atoms with Gasteiger partial charge in [0, 0.05) is 13.7 Å². The molecule has 184 valence electrons. The van der Waals surface area contributed by atoms with E-state index in [1.807, 2.05) is 24.3 Å². The number of methoxy groups -OCH3 is 1. The summed E-state index contributed by atoms with van der Waals surface area (Å²) in [6, 6.07) is 24.0. The molecule has 3 aromatic carbocycles. The Morgan fingerprint density at radius 2 is 1.71 bits per heavy atom. The molecule has 0 spiro atoms. The minimum absolute atomic E-state index is 0.0499. The lowest BCUT2D eigenvalue weighted by Gasteiger charge is -2.25. The Morgan fingerprint density at radius 1 is 0.943 bits per heavy atom. The van der Waals surface area contributed by atoms with E-state index in [4.69, 9.17) is 9.84 Å². The van der Waals surface area contributed by atoms with Crippen LogP contribution in [0.2, 0.25) is 0 Å². The average molecular weight is 491 g/mol. The minimum Gasteiger partial charge on any atom is -0.382 e. The van der Waals surface area contributed by atoms with E-state index in [0.29, 0.717) is 24.3 Å². The van der Waals surface area contributed by atoms with Gasteiger partial charge in [0.2, 0.25) is 0 Å². The van der Waals surface area contributed by atoms with Crippen LogP contribution in [-0.4, -0.2) is 50.7 Å². The number of nitrogens with zero attached hydrogens (tertiary/aromatic N) is 2. The molecule has 1 aliphatic carbocycles. The van der Waals surface area contributed by atoms with Gasteiger partial charge in [0.15, 0.2) is 9.84 Å². The lowest BCUT2D eigenvalue weighted by Crippen LogP contribution is -2.31. The molecule has 5 rings (SSSR count). The predicted octanol–water partition coefficient (Wildman–Crippen LogP) is 5.69. The van der Waals surface area contributed by atoms with Gasteiger partial charge in [-0.2, -0.15) is 5.10 Å². The quantitative estimate of drug-likeness (QED) is 0.381. The van der Waals surface area contributed by atoms with Gasteiger partial charge >= 0.3 is 0 Å². The molecule has 0 aromatic heterocycles. The summed E-state index contributed by atoms with van der Waals surface area (Å²) in [5, 5.41) is 9.35. The Kier molecular flexibility index (Phi) is 7.21. The van der Waals surface area contributed by atoms with Crippen LogP contribution in [0.25, 0.3) is 10.8 Å². The maximum atomic E-state index is 13.6. The normalized spacial score (nSPS) is 23.3. The zero-order valence-electron chi connectivity index (χ0n) is 20.3. The summed E-state index contributed by atoms with van der Waals surface area (Å²) in [5.41, 5.74) is 2.06. The van der Waals surface area contributed by atoms with Crippen molar-refractivity contribution in [1.29, 1.82) is 0 Å². The second kappa shape index (κ2) is 10.5. The molecule has 6 heteroatoms. The summed E-state index contributed by atoms with van der Waals surface area (Å²) in [6.07, 6.45) is 5.37. The Hall–Kier alpha value is -2.70. The average Bonchev–Trinajstić information content (AvgIpc) is 3.54. The van der Waals surface area contributed by atoms with Crippen LogP contribution in [0.5, 0.6) is 0 Å². The lowest BCUT2D eigenvalue weighted by molar-refractivity contribution is 0.117. The standard InChI is InChI=1S/C29H34N2O3S/c1-34-21-26-12-8-18-31(26)30-28(24-17-16-22-9-5-6-10-23(22)19-24)20-25-11-7-15-29(25)35(32,33)27-13-3-2-4-14-27/h2-6,9-10,13-14,16-17,19,25-26,29H,7-8,11-12,15,18,20-21H2,1H3/b30-28-/t25-,26+,29+/m1/s1. The topological polar surface area (TPSA) is 59.0 Å². The Morgan fingerprint density at radius 3 is 2.51 bits per heavy atom. The summed E-state index contributed by atoms with van der Waals surface area (Å²) in [7, 11) is -1.65. The van der Waals surface area contributed by atoms with Gasteiger partial charge in [-0.1, -0.05) is 61.0 Å². The van der Waals surface area contributed by atoms with Crippen molar-refractivity contribution in [2.75, 3.05) is 20.3 Å². The molecule has 0 unspecified atom stereocenters. The van der Waals surface area contributed by atoms with Gasteiger partial charge in [-0.3, -0.25) is 5.01 Å². The van der Waals surface area contributed by atoms with Gasteiger partial charge in [-0.05, 0) is 72.6 Å². The van der Waals surface area contributed by atoms with Crippen LogP contribution in [0, 0.1) is 5.92 Å². The number of hydrazone groups is 1. The highest BCUT2D eigenvalue weighted by molar-refractivity contribution is 7.92. The molecule has 5 nitrogen and oxygen atoms in total. The maximum Gasteiger partial charge on any atom is 0.181 e. The molecule has 2 fully saturated rings. The van der Waals surface area contributed by atoms with Crippen LogP contribution in [-0.2, 0) is 14.6 Å². The van der Waals surface area contributed by atoms with Crippen LogP contribution in [0.1, 0.15) is 44.1 Å². The first-order chi connectivity index (χ1) is 17.1. The molecular weight excluding hydrogens is 456 g/mol. The molecule has 0 bridgehead atoms. The molecule has 2 aliphatic rings. The SMILES string of the molecule is COC[C@@H]1CCCN1/N=C(/C[C@H]1CCC[C@@H]1S(=O)(=O)c1ccccc1)c1ccc2ccccc2c1. The highest BCUT2D eigenvalue weighted by Crippen LogP contribution is 2.38. The molecule has 0 radical (unpaired) electrons. The Bertz CT molecular complexity index is 1290. The van der Waals surface area contributed by atoms with Crippen LogP contribution in [0.4, 0.5) is 0 Å². The van der Waals surface area contributed by atoms with Crippen molar-refractivity contribution in [2.24, 2.45) is 11.0 Å². The van der Waals surface area contributed by atoms with E-state index in [2.05, 4.69) is 41.4 Å². The summed E-state index contributed by atoms with van der Waals surface area (Å²) in [4.78, 5) is 0.431. The fourth-order valence-corrected chi connectivity index (χ4v) is 7.83. The molecular formula is C29H34N2O3S. The number of benzene rings is 3. The van der Waals surface area contributed by atoms with E-state index in [1.54, 1.807) is 19.2 Å². The van der Waals surface area contributed by atoms with Crippen LogP contribution >= 0.6 is 0 Å². The smallest absolute Gasteiger partial charge is 0.181 e. The second-order valence-electron chi connectivity index (χ2n) is 9.81. The van der Waals surface area contributed by atoms with Crippen LogP contribution < -0.4 is 0 Å². The van der Waals surface area contributed by atoms with Gasteiger partial charge in [0.25, 0.3) is 0 Å². The van der Waals surface area contributed by atoms with Crippen molar-refractivity contribution in [1.82, 2.24) is 5.01 Å². The molecule has 3 atom stereocenters. The van der Waals surface area contributed by atoms with Gasteiger partial charge < -0.3 is 4.74 Å². The fourth-order valence-electron chi connectivity index (χ4n) is 5.73. The highest BCUT2D eigenvalue weighted by Gasteiger charge is 2.39. The van der Waals surface area contributed by atoms with Crippen molar-refractivity contribution in [3.05, 3.63) is 78.4 Å². The molecule has 0 N–H and O–H groups in total. The van der Waals surface area contributed by atoms with E-state index < -0.39 is 9.84 Å². The van der Waals surface area contributed by atoms with Crippen molar-refractivity contribution < 1.29 is 13.2 Å². The van der Waals surface area contributed by atoms with Gasteiger partial charge in [-0.15, -0.1) is 0 Å². The van der Waals surface area contributed by atoms with E-state index >= 15 is 0 Å². The van der Waals surface area contributed by atoms with Crippen LogP contribution in [0.3, 0.4) is 0 Å². The van der Waals surface area contributed by atoms with Crippen molar-refractivity contribution >= 4 is 26.3 Å². The largest absolute Gasteiger partial charge is 0.382 e. The monoisotopic (exact) mass is 490 g/mol. The third-order valence-electron chi connectivity index (χ3n) is 7.55. The number of rotatable bonds is 8. The zero-order valence-corrected chi connectivity index (χ0v) is 21.2. The van der Waals surface area contributed by atoms with Gasteiger partial charge in [0.1, 0.15) is 0 Å². The number of ether oxygens (including phenoxy) is 1. The summed E-state index contributed by atoms with van der Waals surface area (Å²) < 4.78 is 32.6. The third kappa shape index (κ3) is 5.14. The molecule has 1 saturated heterocycles. The van der Waals surface area contributed by atoms with Gasteiger partial charge in [-0.25, -0.2) is 8.42 Å². The maximum absolute atomic E-state index is 13.6. The second-order valence-corrected chi connectivity index (χ2v) is 12.0. The molecule has 0 amide bonds. The predicted molar refractivity (Wildman–Crippen MR) is 141 cm³/mol. The van der Waals surface area contributed by atoms with Gasteiger partial charge in [0.05, 0.1) is 28.5 Å². The first-order valence-electron chi connectivity index (χ1n) is 12.7.